The zero-order chi connectivity index (χ0) is 9.78. The molecule has 0 fully saturated rings. The molecule has 0 heterocycles. The van der Waals surface area contributed by atoms with Crippen LogP contribution in [-0.4, -0.2) is 5.88 Å². The van der Waals surface area contributed by atoms with E-state index in [0.717, 1.165) is 0 Å². The van der Waals surface area contributed by atoms with E-state index in [9.17, 15) is 0 Å². The number of hydrogen-bond acceptors (Lipinski definition) is 0. The zero-order valence-corrected chi connectivity index (χ0v) is 7.84. The lowest BCUT2D eigenvalue weighted by atomic mass is 10.5. The molecule has 0 aromatic carbocycles. The van der Waals surface area contributed by atoms with Crippen molar-refractivity contribution in [3.63, 3.8) is 0 Å². The molecule has 1 heteroatoms. The molecule has 0 unspecified atom stereocenters. The Balaban J connectivity index is 4.04. The Morgan fingerprint density at radius 1 is 0.769 bits per heavy atom. The first-order chi connectivity index (χ1) is 6.41. The number of alkyl halides is 1. The summed E-state index contributed by atoms with van der Waals surface area (Å²) in [5.74, 6) is 25.6. The summed E-state index contributed by atoms with van der Waals surface area (Å²) in [4.78, 5) is 0. The molecule has 0 aliphatic rings. The van der Waals surface area contributed by atoms with E-state index in [-0.39, 0.29) is 5.88 Å². The Morgan fingerprint density at radius 3 is 1.69 bits per heavy atom. The van der Waals surface area contributed by atoms with Crippen LogP contribution < -0.4 is 0 Å². The van der Waals surface area contributed by atoms with Gasteiger partial charge in [-0.2, -0.15) is 0 Å². The molecule has 0 aliphatic heterocycles. The van der Waals surface area contributed by atoms with E-state index in [2.05, 4.69) is 59.2 Å². The van der Waals surface area contributed by atoms with Crippen LogP contribution in [0.4, 0.5) is 0 Å². The van der Waals surface area contributed by atoms with E-state index >= 15 is 0 Å². The Bertz CT molecular complexity index is 442. The van der Waals surface area contributed by atoms with Crippen molar-refractivity contribution in [2.75, 3.05) is 5.88 Å². The Morgan fingerprint density at radius 2 is 1.23 bits per heavy atom. The van der Waals surface area contributed by atoms with Gasteiger partial charge >= 0.3 is 0 Å². The molecule has 60 valence electrons. The van der Waals surface area contributed by atoms with E-state index < -0.39 is 0 Å². The molecule has 0 aliphatic carbocycles. The summed E-state index contributed by atoms with van der Waals surface area (Å²) in [5, 5.41) is 0. The molecule has 0 aromatic heterocycles. The van der Waals surface area contributed by atoms with Crippen molar-refractivity contribution in [1.29, 1.82) is 0 Å². The van der Waals surface area contributed by atoms with E-state index in [4.69, 9.17) is 11.6 Å². The maximum atomic E-state index is 5.28. The average molecular weight is 185 g/mol. The first kappa shape index (κ1) is 11.1. The van der Waals surface area contributed by atoms with Crippen LogP contribution in [0.3, 0.4) is 0 Å². The van der Waals surface area contributed by atoms with Gasteiger partial charge in [-0.15, -0.1) is 11.6 Å². The Kier molecular flexibility index (Phi) is 8.61. The van der Waals surface area contributed by atoms with Crippen LogP contribution in [0.5, 0.6) is 0 Å². The lowest BCUT2D eigenvalue weighted by Gasteiger charge is -1.58. The molecular weight excluding hydrogens is 180 g/mol. The van der Waals surface area contributed by atoms with E-state index in [1.54, 1.807) is 6.92 Å². The highest BCUT2D eigenvalue weighted by atomic mass is 35.5. The largest absolute Gasteiger partial charge is 0.113 e. The first-order valence-corrected chi connectivity index (χ1v) is 3.91. The van der Waals surface area contributed by atoms with E-state index in [0.29, 0.717) is 0 Å². The van der Waals surface area contributed by atoms with Gasteiger partial charge < -0.3 is 0 Å². The van der Waals surface area contributed by atoms with Gasteiger partial charge in [-0.1, -0.05) is 11.8 Å². The fraction of sp³-hybridized carbons (Fsp3) is 0.167. The topological polar surface area (TPSA) is 0 Å². The fourth-order valence-corrected chi connectivity index (χ4v) is 0.394. The molecule has 0 nitrogen and oxygen atoms in total. The molecule has 0 N–H and O–H groups in total. The average Bonchev–Trinajstić information content (AvgIpc) is 2.16. The highest BCUT2D eigenvalue weighted by Gasteiger charge is 1.58. The Labute approximate surface area is 84.1 Å². The number of hydrogen-bond donors (Lipinski definition) is 0. The molecule has 0 rings (SSSR count). The monoisotopic (exact) mass is 184 g/mol. The Hall–Kier alpha value is -1.91. The summed E-state index contributed by atoms with van der Waals surface area (Å²) in [6.07, 6.45) is 0. The predicted octanol–water partition coefficient (Wildman–Crippen LogP) is 1.26. The van der Waals surface area contributed by atoms with Gasteiger partial charge in [0.25, 0.3) is 0 Å². The van der Waals surface area contributed by atoms with Crippen LogP contribution in [0, 0.1) is 59.2 Å². The first-order valence-electron chi connectivity index (χ1n) is 3.37. The SMILES string of the molecule is CC#CC#CC#CC#CC#CCCl. The zero-order valence-electron chi connectivity index (χ0n) is 7.09. The molecule has 13 heavy (non-hydrogen) atoms. The summed E-state index contributed by atoms with van der Waals surface area (Å²) in [5.41, 5.74) is 0. The fourth-order valence-electron chi connectivity index (χ4n) is 0.328. The lowest BCUT2D eigenvalue weighted by molar-refractivity contribution is 1.92. The molecule has 0 saturated carbocycles. The minimum atomic E-state index is 0.286. The maximum Gasteiger partial charge on any atom is 0.0845 e. The second kappa shape index (κ2) is 10.1. The van der Waals surface area contributed by atoms with Gasteiger partial charge in [0.15, 0.2) is 0 Å². The van der Waals surface area contributed by atoms with Crippen LogP contribution in [0.25, 0.3) is 0 Å². The summed E-state index contributed by atoms with van der Waals surface area (Å²) in [6.45, 7) is 1.71. The van der Waals surface area contributed by atoms with Gasteiger partial charge in [0.1, 0.15) is 0 Å². The minimum Gasteiger partial charge on any atom is -0.113 e. The molecular formula is C12H5Cl. The summed E-state index contributed by atoms with van der Waals surface area (Å²) in [7, 11) is 0. The van der Waals surface area contributed by atoms with Crippen molar-refractivity contribution in [3.8, 4) is 59.2 Å². The summed E-state index contributed by atoms with van der Waals surface area (Å²) in [6, 6.07) is 0. The second-order valence-electron chi connectivity index (χ2n) is 1.56. The van der Waals surface area contributed by atoms with Gasteiger partial charge in [0.2, 0.25) is 0 Å². The van der Waals surface area contributed by atoms with Crippen LogP contribution in [0.1, 0.15) is 6.92 Å². The van der Waals surface area contributed by atoms with Crippen LogP contribution in [0.15, 0.2) is 0 Å². The van der Waals surface area contributed by atoms with Gasteiger partial charge in [0, 0.05) is 0 Å². The van der Waals surface area contributed by atoms with Crippen LogP contribution in [-0.2, 0) is 0 Å². The number of rotatable bonds is 0. The van der Waals surface area contributed by atoms with Crippen LogP contribution >= 0.6 is 11.6 Å². The molecule has 0 radical (unpaired) electrons. The molecule has 0 saturated heterocycles. The van der Waals surface area contributed by atoms with Crippen molar-refractivity contribution >= 4 is 11.6 Å². The van der Waals surface area contributed by atoms with Crippen molar-refractivity contribution in [1.82, 2.24) is 0 Å². The third kappa shape index (κ3) is 10.1. The minimum absolute atomic E-state index is 0.286. The van der Waals surface area contributed by atoms with E-state index in [1.807, 2.05) is 0 Å². The molecule has 0 atom stereocenters. The van der Waals surface area contributed by atoms with Gasteiger partial charge in [0.05, 0.1) is 5.88 Å². The normalized spacial score (nSPS) is 4.46. The molecule has 0 spiro atoms. The molecule has 0 amide bonds. The van der Waals surface area contributed by atoms with Crippen molar-refractivity contribution < 1.29 is 0 Å². The molecule has 0 aromatic rings. The van der Waals surface area contributed by atoms with Gasteiger partial charge in [-0.3, -0.25) is 0 Å². The van der Waals surface area contributed by atoms with Crippen LogP contribution in [0.2, 0.25) is 0 Å². The van der Waals surface area contributed by atoms with E-state index in [1.165, 1.54) is 0 Å². The van der Waals surface area contributed by atoms with Crippen molar-refractivity contribution in [3.05, 3.63) is 0 Å². The highest BCUT2D eigenvalue weighted by molar-refractivity contribution is 6.19. The third-order valence-corrected chi connectivity index (χ3v) is 0.851. The molecule has 0 bridgehead atoms. The standard InChI is InChI=1S/C12H5Cl/c1-2-3-4-5-6-7-8-9-10-11-12-13/h12H2,1H3. The second-order valence-corrected chi connectivity index (χ2v) is 1.83. The summed E-state index contributed by atoms with van der Waals surface area (Å²) >= 11 is 5.28. The maximum absolute atomic E-state index is 5.28. The smallest absolute Gasteiger partial charge is 0.0845 e. The highest BCUT2D eigenvalue weighted by Crippen LogP contribution is 1.65. The van der Waals surface area contributed by atoms with Crippen molar-refractivity contribution in [2.45, 2.75) is 6.92 Å². The predicted molar refractivity (Wildman–Crippen MR) is 55.3 cm³/mol. The third-order valence-electron chi connectivity index (χ3n) is 0.718. The van der Waals surface area contributed by atoms with Gasteiger partial charge in [-0.25, -0.2) is 0 Å². The number of halogens is 1. The van der Waals surface area contributed by atoms with Gasteiger partial charge in [-0.05, 0) is 54.3 Å². The summed E-state index contributed by atoms with van der Waals surface area (Å²) < 4.78 is 0. The lowest BCUT2D eigenvalue weighted by Crippen LogP contribution is -1.58. The quantitative estimate of drug-likeness (QED) is 0.393. The van der Waals surface area contributed by atoms with Crippen molar-refractivity contribution in [2.24, 2.45) is 0 Å².